The van der Waals surface area contributed by atoms with E-state index < -0.39 is 21.4 Å². The molecular formula is C11H7F3N2O5S. The first-order valence-electron chi connectivity index (χ1n) is 5.68. The number of nitrogens with zero attached hydrogens (tertiary/aromatic N) is 1. The molecule has 0 saturated heterocycles. The fourth-order valence-electron chi connectivity index (χ4n) is 1.70. The van der Waals surface area contributed by atoms with E-state index in [4.69, 9.17) is 9.25 Å². The van der Waals surface area contributed by atoms with Crippen LogP contribution in [0.4, 0.5) is 19.1 Å². The van der Waals surface area contributed by atoms with Crippen LogP contribution >= 0.6 is 0 Å². The SMILES string of the molecule is O=S(=O)(Oc1cccc2cc(N3C=CON3)oc12)C(F)(F)F. The van der Waals surface area contributed by atoms with Crippen LogP contribution in [0.5, 0.6) is 5.75 Å². The first-order valence-corrected chi connectivity index (χ1v) is 7.09. The standard InChI is InChI=1S/C11H7F3N2O5S/c12-11(13,14)22(17,18)21-8-3-1-2-7-6-9(20-10(7)8)16-4-5-19-15-16/h1-6,15H. The number of furan rings is 1. The van der Waals surface area contributed by atoms with Crippen LogP contribution in [0.15, 0.2) is 41.1 Å². The molecular weight excluding hydrogens is 329 g/mol. The Morgan fingerprint density at radius 2 is 2.05 bits per heavy atom. The number of benzene rings is 1. The van der Waals surface area contributed by atoms with E-state index in [0.717, 1.165) is 6.07 Å². The highest BCUT2D eigenvalue weighted by Crippen LogP contribution is 2.35. The van der Waals surface area contributed by atoms with Crippen molar-refractivity contribution >= 4 is 27.0 Å². The zero-order valence-electron chi connectivity index (χ0n) is 10.5. The number of para-hydroxylation sites is 1. The van der Waals surface area contributed by atoms with Gasteiger partial charge in [-0.15, -0.1) is 0 Å². The van der Waals surface area contributed by atoms with Crippen molar-refractivity contribution < 1.29 is 35.0 Å². The van der Waals surface area contributed by atoms with Gasteiger partial charge >= 0.3 is 15.6 Å². The summed E-state index contributed by atoms with van der Waals surface area (Å²) in [5.41, 5.74) is -3.26. The predicted octanol–water partition coefficient (Wildman–Crippen LogP) is 2.39. The molecule has 0 radical (unpaired) electrons. The topological polar surface area (TPSA) is 81.0 Å². The van der Waals surface area contributed by atoms with E-state index in [1.165, 1.54) is 35.7 Å². The average molecular weight is 336 g/mol. The molecule has 1 aromatic carbocycles. The minimum Gasteiger partial charge on any atom is -0.435 e. The lowest BCUT2D eigenvalue weighted by atomic mass is 10.2. The van der Waals surface area contributed by atoms with Gasteiger partial charge in [-0.1, -0.05) is 17.7 Å². The van der Waals surface area contributed by atoms with Crippen molar-refractivity contribution in [2.45, 2.75) is 5.51 Å². The van der Waals surface area contributed by atoms with Crippen LogP contribution in [-0.2, 0) is 15.0 Å². The van der Waals surface area contributed by atoms with E-state index in [2.05, 4.69) is 9.77 Å². The molecule has 0 atom stereocenters. The van der Waals surface area contributed by atoms with Crippen molar-refractivity contribution in [3.63, 3.8) is 0 Å². The molecule has 0 amide bonds. The second-order valence-corrected chi connectivity index (χ2v) is 5.64. The van der Waals surface area contributed by atoms with E-state index in [1.807, 2.05) is 0 Å². The molecule has 0 aliphatic carbocycles. The first kappa shape index (κ1) is 14.5. The Bertz CT molecular complexity index is 843. The number of hydrogen-bond donors (Lipinski definition) is 1. The summed E-state index contributed by atoms with van der Waals surface area (Å²) in [7, 11) is -5.78. The number of hydrazine groups is 1. The van der Waals surface area contributed by atoms with Crippen LogP contribution in [-0.4, -0.2) is 13.9 Å². The molecule has 11 heteroatoms. The van der Waals surface area contributed by atoms with Gasteiger partial charge in [-0.25, -0.2) is 5.01 Å². The zero-order valence-corrected chi connectivity index (χ0v) is 11.3. The van der Waals surface area contributed by atoms with Crippen molar-refractivity contribution in [2.75, 3.05) is 5.01 Å². The van der Waals surface area contributed by atoms with Gasteiger partial charge in [-0.2, -0.15) is 21.6 Å². The van der Waals surface area contributed by atoms with Crippen LogP contribution in [0, 0.1) is 0 Å². The van der Waals surface area contributed by atoms with E-state index in [0.29, 0.717) is 5.39 Å². The number of rotatable bonds is 3. The Hall–Kier alpha value is -2.40. The van der Waals surface area contributed by atoms with Gasteiger partial charge in [0.05, 0.1) is 6.20 Å². The van der Waals surface area contributed by atoms with E-state index in [1.54, 1.807) is 0 Å². The molecule has 2 aromatic rings. The highest BCUT2D eigenvalue weighted by molar-refractivity contribution is 7.88. The predicted molar refractivity (Wildman–Crippen MR) is 67.7 cm³/mol. The van der Waals surface area contributed by atoms with Gasteiger partial charge in [0.1, 0.15) is 6.26 Å². The third-order valence-electron chi connectivity index (χ3n) is 2.64. The van der Waals surface area contributed by atoms with Gasteiger partial charge in [0.15, 0.2) is 11.3 Å². The van der Waals surface area contributed by atoms with E-state index in [-0.39, 0.29) is 11.5 Å². The summed E-state index contributed by atoms with van der Waals surface area (Å²) in [5.74, 6) is -0.394. The first-order chi connectivity index (χ1) is 10.3. The summed E-state index contributed by atoms with van der Waals surface area (Å²) in [5, 5.41) is 1.65. The number of anilines is 1. The third kappa shape index (κ3) is 2.44. The molecule has 0 saturated carbocycles. The van der Waals surface area contributed by atoms with Gasteiger partial charge in [0.2, 0.25) is 5.88 Å². The largest absolute Gasteiger partial charge is 0.534 e. The second-order valence-electron chi connectivity index (χ2n) is 4.11. The second kappa shape index (κ2) is 4.81. The Balaban J connectivity index is 2.02. The lowest BCUT2D eigenvalue weighted by Crippen LogP contribution is -2.28. The fraction of sp³-hybridized carbons (Fsp3) is 0.0909. The zero-order chi connectivity index (χ0) is 16.0. The van der Waals surface area contributed by atoms with Crippen LogP contribution in [0.25, 0.3) is 11.0 Å². The minimum absolute atomic E-state index is 0.146. The summed E-state index contributed by atoms with van der Waals surface area (Å²) in [6.45, 7) is 0. The Labute approximate surface area is 121 Å². The van der Waals surface area contributed by atoms with Crippen molar-refractivity contribution in [1.29, 1.82) is 0 Å². The Morgan fingerprint density at radius 1 is 1.27 bits per heavy atom. The number of hydrogen-bond acceptors (Lipinski definition) is 7. The lowest BCUT2D eigenvalue weighted by molar-refractivity contribution is -0.0499. The Kier molecular flexibility index (Phi) is 3.18. The fourth-order valence-corrected chi connectivity index (χ4v) is 2.16. The van der Waals surface area contributed by atoms with Crippen molar-refractivity contribution in [1.82, 2.24) is 5.59 Å². The highest BCUT2D eigenvalue weighted by Gasteiger charge is 2.48. The summed E-state index contributed by atoms with van der Waals surface area (Å²) in [6, 6.07) is 5.39. The maximum atomic E-state index is 12.4. The monoisotopic (exact) mass is 336 g/mol. The van der Waals surface area contributed by atoms with Gasteiger partial charge in [0.25, 0.3) is 0 Å². The molecule has 1 N–H and O–H groups in total. The summed E-state index contributed by atoms with van der Waals surface area (Å²) in [4.78, 5) is 4.72. The average Bonchev–Trinajstić information content (AvgIpc) is 3.06. The normalized spacial score (nSPS) is 15.3. The van der Waals surface area contributed by atoms with Crippen LogP contribution in [0.2, 0.25) is 0 Å². The molecule has 0 unspecified atom stereocenters. The Morgan fingerprint density at radius 3 is 2.68 bits per heavy atom. The van der Waals surface area contributed by atoms with Crippen molar-refractivity contribution in [3.05, 3.63) is 36.7 Å². The molecule has 118 valence electrons. The maximum Gasteiger partial charge on any atom is 0.534 e. The van der Waals surface area contributed by atoms with Crippen LogP contribution < -0.4 is 14.8 Å². The quantitative estimate of drug-likeness (QED) is 0.681. The van der Waals surface area contributed by atoms with Crippen LogP contribution in [0.1, 0.15) is 0 Å². The molecule has 0 fully saturated rings. The van der Waals surface area contributed by atoms with E-state index >= 15 is 0 Å². The van der Waals surface area contributed by atoms with Crippen molar-refractivity contribution in [3.8, 4) is 5.75 Å². The minimum atomic E-state index is -5.78. The number of fused-ring (bicyclic) bond motifs is 1. The summed E-state index contributed by atoms with van der Waals surface area (Å²) < 4.78 is 68.8. The molecule has 2 heterocycles. The van der Waals surface area contributed by atoms with E-state index in [9.17, 15) is 21.6 Å². The molecule has 1 aliphatic heterocycles. The number of alkyl halides is 3. The molecule has 0 bridgehead atoms. The van der Waals surface area contributed by atoms with Gasteiger partial charge in [-0.3, -0.25) is 0 Å². The number of nitrogens with one attached hydrogen (secondary N) is 1. The van der Waals surface area contributed by atoms with Gasteiger partial charge in [0, 0.05) is 11.5 Å². The molecule has 7 nitrogen and oxygen atoms in total. The molecule has 1 aromatic heterocycles. The summed E-state index contributed by atoms with van der Waals surface area (Å²) in [6.07, 6.45) is 2.75. The molecule has 3 rings (SSSR count). The van der Waals surface area contributed by atoms with Crippen molar-refractivity contribution in [2.24, 2.45) is 0 Å². The third-order valence-corrected chi connectivity index (χ3v) is 3.61. The molecule has 22 heavy (non-hydrogen) atoms. The van der Waals surface area contributed by atoms with Gasteiger partial charge in [-0.05, 0) is 6.07 Å². The smallest absolute Gasteiger partial charge is 0.435 e. The molecule has 1 aliphatic rings. The van der Waals surface area contributed by atoms with Crippen LogP contribution in [0.3, 0.4) is 0 Å². The lowest BCUT2D eigenvalue weighted by Gasteiger charge is -2.10. The maximum absolute atomic E-state index is 12.4. The van der Waals surface area contributed by atoms with Gasteiger partial charge < -0.3 is 13.4 Å². The summed E-state index contributed by atoms with van der Waals surface area (Å²) >= 11 is 0. The number of halogens is 3. The molecule has 0 spiro atoms. The highest BCUT2D eigenvalue weighted by atomic mass is 32.2.